The molecule has 3 nitrogen and oxygen atoms in total. The van der Waals surface area contributed by atoms with Gasteiger partial charge in [0.25, 0.3) is 0 Å². The van der Waals surface area contributed by atoms with Crippen LogP contribution >= 0.6 is 0 Å². The van der Waals surface area contributed by atoms with E-state index in [1.807, 2.05) is 13.1 Å². The summed E-state index contributed by atoms with van der Waals surface area (Å²) in [6, 6.07) is 0. The minimum Gasteiger partial charge on any atom is -0.345 e. The van der Waals surface area contributed by atoms with Crippen molar-refractivity contribution in [3.63, 3.8) is 0 Å². The lowest BCUT2D eigenvalue weighted by atomic mass is 10.2. The third kappa shape index (κ3) is 0.978. The molecule has 1 N–H and O–H groups in total. The Kier molecular flexibility index (Phi) is 1.57. The Morgan fingerprint density at radius 2 is 2.33 bits per heavy atom. The van der Waals surface area contributed by atoms with Crippen LogP contribution < -0.4 is 0 Å². The molecule has 0 saturated heterocycles. The minimum atomic E-state index is 0.887. The third-order valence-electron chi connectivity index (χ3n) is 1.96. The van der Waals surface area contributed by atoms with Crippen LogP contribution in [-0.2, 0) is 6.42 Å². The van der Waals surface area contributed by atoms with Crippen LogP contribution in [-0.4, -0.2) is 15.0 Å². The molecule has 0 spiro atoms. The molecule has 12 heavy (non-hydrogen) atoms. The standard InChI is InChI=1S/C9H11N3/c1-3-7-5-11-9-8(7)12-6(2)4-10-9/h4-5H,3H2,1-2H3,(H,10,11). The highest BCUT2D eigenvalue weighted by Crippen LogP contribution is 2.13. The van der Waals surface area contributed by atoms with E-state index in [2.05, 4.69) is 21.9 Å². The molecular formula is C9H11N3. The Bertz CT molecular complexity index is 403. The number of nitrogens with zero attached hydrogens (tertiary/aromatic N) is 2. The molecule has 2 rings (SSSR count). The lowest BCUT2D eigenvalue weighted by Crippen LogP contribution is -1.86. The molecule has 0 bridgehead atoms. The molecule has 0 aliphatic rings. The van der Waals surface area contributed by atoms with Gasteiger partial charge in [-0.1, -0.05) is 6.92 Å². The summed E-state index contributed by atoms with van der Waals surface area (Å²) >= 11 is 0. The van der Waals surface area contributed by atoms with Crippen LogP contribution in [0.5, 0.6) is 0 Å². The lowest BCUT2D eigenvalue weighted by molar-refractivity contribution is 1.13. The molecule has 0 saturated carbocycles. The van der Waals surface area contributed by atoms with Gasteiger partial charge in [-0.05, 0) is 18.9 Å². The molecule has 0 aliphatic heterocycles. The maximum atomic E-state index is 4.41. The van der Waals surface area contributed by atoms with E-state index in [1.165, 1.54) is 5.56 Å². The van der Waals surface area contributed by atoms with E-state index >= 15 is 0 Å². The minimum absolute atomic E-state index is 0.887. The predicted molar refractivity (Wildman–Crippen MR) is 48.0 cm³/mol. The molecule has 0 aliphatic carbocycles. The molecule has 0 unspecified atom stereocenters. The molecular weight excluding hydrogens is 150 g/mol. The average Bonchev–Trinajstić information content (AvgIpc) is 2.46. The summed E-state index contributed by atoms with van der Waals surface area (Å²) < 4.78 is 0. The topological polar surface area (TPSA) is 41.6 Å². The van der Waals surface area contributed by atoms with Gasteiger partial charge in [0.05, 0.1) is 11.9 Å². The molecule has 0 aromatic carbocycles. The fraction of sp³-hybridized carbons (Fsp3) is 0.333. The van der Waals surface area contributed by atoms with E-state index in [1.54, 1.807) is 6.20 Å². The first kappa shape index (κ1) is 7.28. The zero-order chi connectivity index (χ0) is 8.55. The van der Waals surface area contributed by atoms with Crippen LogP contribution in [0.25, 0.3) is 11.2 Å². The number of aromatic amines is 1. The number of hydrogen-bond acceptors (Lipinski definition) is 2. The van der Waals surface area contributed by atoms with Gasteiger partial charge in [0.15, 0.2) is 5.65 Å². The highest BCUT2D eigenvalue weighted by molar-refractivity contribution is 5.74. The molecule has 2 aromatic rings. The maximum Gasteiger partial charge on any atom is 0.156 e. The van der Waals surface area contributed by atoms with E-state index in [0.717, 1.165) is 23.3 Å². The number of aromatic nitrogens is 3. The zero-order valence-corrected chi connectivity index (χ0v) is 7.26. The SMILES string of the molecule is CCc1c[nH]c2ncc(C)nc12. The van der Waals surface area contributed by atoms with Gasteiger partial charge in [0.1, 0.15) is 5.52 Å². The van der Waals surface area contributed by atoms with Crippen molar-refractivity contribution in [3.8, 4) is 0 Å². The maximum absolute atomic E-state index is 4.41. The molecule has 0 radical (unpaired) electrons. The van der Waals surface area contributed by atoms with Gasteiger partial charge in [-0.25, -0.2) is 9.97 Å². The Morgan fingerprint density at radius 1 is 1.50 bits per heavy atom. The van der Waals surface area contributed by atoms with Crippen molar-refractivity contribution in [1.29, 1.82) is 0 Å². The van der Waals surface area contributed by atoms with Crippen molar-refractivity contribution >= 4 is 11.2 Å². The number of aryl methyl sites for hydroxylation is 2. The first-order chi connectivity index (χ1) is 5.81. The molecule has 2 aromatic heterocycles. The second-order valence-electron chi connectivity index (χ2n) is 2.88. The first-order valence-electron chi connectivity index (χ1n) is 4.11. The molecule has 0 amide bonds. The summed E-state index contributed by atoms with van der Waals surface area (Å²) in [5, 5.41) is 0. The van der Waals surface area contributed by atoms with Crippen molar-refractivity contribution in [2.45, 2.75) is 20.3 Å². The Hall–Kier alpha value is -1.38. The highest BCUT2D eigenvalue weighted by atomic mass is 14.9. The van der Waals surface area contributed by atoms with Crippen LogP contribution in [0.4, 0.5) is 0 Å². The Labute approximate surface area is 70.9 Å². The summed E-state index contributed by atoms with van der Waals surface area (Å²) in [4.78, 5) is 11.7. The van der Waals surface area contributed by atoms with Crippen molar-refractivity contribution in [1.82, 2.24) is 15.0 Å². The van der Waals surface area contributed by atoms with Gasteiger partial charge in [-0.3, -0.25) is 0 Å². The fourth-order valence-corrected chi connectivity index (χ4v) is 1.30. The summed E-state index contributed by atoms with van der Waals surface area (Å²) in [6.07, 6.45) is 4.75. The van der Waals surface area contributed by atoms with E-state index in [9.17, 15) is 0 Å². The van der Waals surface area contributed by atoms with Crippen molar-refractivity contribution < 1.29 is 0 Å². The quantitative estimate of drug-likeness (QED) is 0.693. The molecule has 0 atom stereocenters. The Balaban J connectivity index is 2.75. The van der Waals surface area contributed by atoms with Gasteiger partial charge in [0, 0.05) is 6.20 Å². The normalized spacial score (nSPS) is 10.8. The predicted octanol–water partition coefficient (Wildman–Crippen LogP) is 1.83. The van der Waals surface area contributed by atoms with Crippen LogP contribution in [0.15, 0.2) is 12.4 Å². The summed E-state index contributed by atoms with van der Waals surface area (Å²) in [5.74, 6) is 0. The van der Waals surface area contributed by atoms with Crippen molar-refractivity contribution in [2.24, 2.45) is 0 Å². The molecule has 3 heteroatoms. The second kappa shape index (κ2) is 2.59. The van der Waals surface area contributed by atoms with Gasteiger partial charge in [-0.2, -0.15) is 0 Å². The summed E-state index contributed by atoms with van der Waals surface area (Å²) in [5.41, 5.74) is 4.10. The van der Waals surface area contributed by atoms with E-state index in [-0.39, 0.29) is 0 Å². The largest absolute Gasteiger partial charge is 0.345 e. The number of fused-ring (bicyclic) bond motifs is 1. The fourth-order valence-electron chi connectivity index (χ4n) is 1.30. The van der Waals surface area contributed by atoms with Crippen molar-refractivity contribution in [3.05, 3.63) is 23.7 Å². The smallest absolute Gasteiger partial charge is 0.156 e. The monoisotopic (exact) mass is 161 g/mol. The number of hydrogen-bond donors (Lipinski definition) is 1. The van der Waals surface area contributed by atoms with Crippen LogP contribution in [0.2, 0.25) is 0 Å². The zero-order valence-electron chi connectivity index (χ0n) is 7.26. The van der Waals surface area contributed by atoms with Crippen LogP contribution in [0.1, 0.15) is 18.2 Å². The number of H-pyrrole nitrogens is 1. The summed E-state index contributed by atoms with van der Waals surface area (Å²) in [7, 11) is 0. The Morgan fingerprint density at radius 3 is 3.08 bits per heavy atom. The van der Waals surface area contributed by atoms with E-state index in [0.29, 0.717) is 0 Å². The van der Waals surface area contributed by atoms with Gasteiger partial charge in [-0.15, -0.1) is 0 Å². The van der Waals surface area contributed by atoms with Gasteiger partial charge < -0.3 is 4.98 Å². The highest BCUT2D eigenvalue weighted by Gasteiger charge is 2.03. The van der Waals surface area contributed by atoms with Gasteiger partial charge in [0.2, 0.25) is 0 Å². The lowest BCUT2D eigenvalue weighted by Gasteiger charge is -1.93. The third-order valence-corrected chi connectivity index (χ3v) is 1.96. The second-order valence-corrected chi connectivity index (χ2v) is 2.88. The summed E-state index contributed by atoms with van der Waals surface area (Å²) in [6.45, 7) is 4.07. The molecule has 62 valence electrons. The van der Waals surface area contributed by atoms with Crippen LogP contribution in [0.3, 0.4) is 0 Å². The van der Waals surface area contributed by atoms with E-state index < -0.39 is 0 Å². The van der Waals surface area contributed by atoms with E-state index in [4.69, 9.17) is 0 Å². The molecule has 0 fully saturated rings. The number of nitrogens with one attached hydrogen (secondary N) is 1. The van der Waals surface area contributed by atoms with Crippen LogP contribution in [0, 0.1) is 6.92 Å². The molecule has 2 heterocycles. The van der Waals surface area contributed by atoms with Crippen molar-refractivity contribution in [2.75, 3.05) is 0 Å². The average molecular weight is 161 g/mol. The first-order valence-corrected chi connectivity index (χ1v) is 4.11. The van der Waals surface area contributed by atoms with Gasteiger partial charge >= 0.3 is 0 Å². The number of rotatable bonds is 1.